The van der Waals surface area contributed by atoms with E-state index in [-0.39, 0.29) is 6.61 Å². The van der Waals surface area contributed by atoms with E-state index in [1.54, 1.807) is 13.8 Å². The second-order valence-corrected chi connectivity index (χ2v) is 5.76. The van der Waals surface area contributed by atoms with Gasteiger partial charge in [0.15, 0.2) is 0 Å². The second kappa shape index (κ2) is 6.73. The van der Waals surface area contributed by atoms with Gasteiger partial charge in [0.2, 0.25) is 0 Å². The lowest BCUT2D eigenvalue weighted by atomic mass is 9.87. The number of carbonyl (C=O) groups is 2. The average Bonchev–Trinajstić information content (AvgIpc) is 2.60. The summed E-state index contributed by atoms with van der Waals surface area (Å²) in [6.07, 6.45) is -0.790. The molecule has 2 aromatic carbocycles. The molecule has 2 aromatic rings. The Morgan fingerprint density at radius 2 is 2.00 bits per heavy atom. The number of aliphatic imine (C=N–C) groups is 1. The number of nitriles is 1. The minimum atomic E-state index is -0.790. The monoisotopic (exact) mass is 335 g/mol. The zero-order valence-corrected chi connectivity index (χ0v) is 14.0. The minimum Gasteiger partial charge on any atom is -0.449 e. The Morgan fingerprint density at radius 1 is 1.28 bits per heavy atom. The van der Waals surface area contributed by atoms with Gasteiger partial charge < -0.3 is 4.74 Å². The Labute approximate surface area is 145 Å². The van der Waals surface area contributed by atoms with Gasteiger partial charge >= 0.3 is 12.1 Å². The van der Waals surface area contributed by atoms with Crippen molar-refractivity contribution < 1.29 is 14.3 Å². The molecule has 25 heavy (non-hydrogen) atoms. The fraction of sp³-hybridized carbons (Fsp3) is 0.263. The molecule has 1 aliphatic rings. The lowest BCUT2D eigenvalue weighted by molar-refractivity contribution is 0.0982. The van der Waals surface area contributed by atoms with E-state index in [0.717, 1.165) is 15.7 Å². The molecule has 6 heteroatoms. The van der Waals surface area contributed by atoms with Crippen LogP contribution in [0.5, 0.6) is 0 Å². The maximum Gasteiger partial charge on any atom is 0.418 e. The first-order valence-electron chi connectivity index (χ1n) is 8.00. The van der Waals surface area contributed by atoms with Gasteiger partial charge in [-0.3, -0.25) is 0 Å². The van der Waals surface area contributed by atoms with Crippen molar-refractivity contribution in [1.82, 2.24) is 4.90 Å². The molecule has 0 saturated carbocycles. The van der Waals surface area contributed by atoms with Crippen molar-refractivity contribution in [2.45, 2.75) is 19.9 Å². The number of carbonyl (C=O) groups excluding carboxylic acids is 2. The van der Waals surface area contributed by atoms with E-state index in [1.165, 1.54) is 0 Å². The number of urea groups is 1. The Morgan fingerprint density at radius 3 is 2.68 bits per heavy atom. The highest BCUT2D eigenvalue weighted by Crippen LogP contribution is 2.35. The molecular formula is C19H17N3O3. The second-order valence-electron chi connectivity index (χ2n) is 5.76. The third-order valence-electron chi connectivity index (χ3n) is 4.24. The minimum absolute atomic E-state index is 0.132. The Bertz CT molecular complexity index is 914. The Balaban J connectivity index is 2.14. The summed E-state index contributed by atoms with van der Waals surface area (Å²) in [4.78, 5) is 29.5. The molecule has 0 saturated heterocycles. The van der Waals surface area contributed by atoms with Crippen LogP contribution in [0, 0.1) is 17.2 Å². The number of hydrogen-bond donors (Lipinski definition) is 0. The smallest absolute Gasteiger partial charge is 0.418 e. The van der Waals surface area contributed by atoms with Crippen molar-refractivity contribution >= 4 is 28.6 Å². The van der Waals surface area contributed by atoms with Gasteiger partial charge in [0, 0.05) is 5.71 Å². The zero-order valence-electron chi connectivity index (χ0n) is 14.0. The van der Waals surface area contributed by atoms with Crippen LogP contribution in [0.2, 0.25) is 0 Å². The summed E-state index contributed by atoms with van der Waals surface area (Å²) in [6, 6.07) is 14.1. The molecule has 0 bridgehead atoms. The molecular weight excluding hydrogens is 318 g/mol. The van der Waals surface area contributed by atoms with E-state index >= 15 is 0 Å². The number of nitrogens with zero attached hydrogens (tertiary/aromatic N) is 3. The first kappa shape index (κ1) is 16.7. The van der Waals surface area contributed by atoms with E-state index < -0.39 is 24.1 Å². The van der Waals surface area contributed by atoms with Gasteiger partial charge in [0.05, 0.1) is 18.7 Å². The molecule has 0 aliphatic carbocycles. The summed E-state index contributed by atoms with van der Waals surface area (Å²) < 4.78 is 5.01. The van der Waals surface area contributed by atoms with Crippen LogP contribution >= 0.6 is 0 Å². The van der Waals surface area contributed by atoms with Gasteiger partial charge in [-0.2, -0.15) is 5.26 Å². The number of hydrogen-bond acceptors (Lipinski definition) is 4. The van der Waals surface area contributed by atoms with Gasteiger partial charge in [-0.25, -0.2) is 19.5 Å². The number of ether oxygens (including phenoxy) is 1. The van der Waals surface area contributed by atoms with E-state index in [1.807, 2.05) is 42.5 Å². The summed E-state index contributed by atoms with van der Waals surface area (Å²) in [5, 5.41) is 11.6. The van der Waals surface area contributed by atoms with Gasteiger partial charge in [-0.1, -0.05) is 36.4 Å². The summed E-state index contributed by atoms with van der Waals surface area (Å²) >= 11 is 0. The summed E-state index contributed by atoms with van der Waals surface area (Å²) in [5.41, 5.74) is 1.09. The summed E-state index contributed by atoms with van der Waals surface area (Å²) in [6.45, 7) is 3.42. The Hall–Kier alpha value is -3.20. The molecule has 1 heterocycles. The molecule has 1 aliphatic heterocycles. The van der Waals surface area contributed by atoms with E-state index in [2.05, 4.69) is 11.1 Å². The summed E-state index contributed by atoms with van der Waals surface area (Å²) in [5.74, 6) is -0.719. The van der Waals surface area contributed by atoms with Crippen LogP contribution in [-0.4, -0.2) is 29.3 Å². The number of fused-ring (bicyclic) bond motifs is 1. The van der Waals surface area contributed by atoms with E-state index in [9.17, 15) is 14.9 Å². The molecule has 0 fully saturated rings. The van der Waals surface area contributed by atoms with Crippen LogP contribution < -0.4 is 0 Å². The first-order valence-corrected chi connectivity index (χ1v) is 8.00. The normalized spacial score (nSPS) is 20.1. The van der Waals surface area contributed by atoms with Gasteiger partial charge in [0.1, 0.15) is 5.92 Å². The summed E-state index contributed by atoms with van der Waals surface area (Å²) in [7, 11) is 0. The number of imide groups is 1. The van der Waals surface area contributed by atoms with E-state index in [0.29, 0.717) is 11.3 Å². The highest BCUT2D eigenvalue weighted by atomic mass is 16.6. The van der Waals surface area contributed by atoms with Crippen LogP contribution in [0.3, 0.4) is 0 Å². The fourth-order valence-corrected chi connectivity index (χ4v) is 3.05. The molecule has 6 nitrogen and oxygen atoms in total. The largest absolute Gasteiger partial charge is 0.449 e. The molecule has 0 spiro atoms. The quantitative estimate of drug-likeness (QED) is 0.828. The van der Waals surface area contributed by atoms with Gasteiger partial charge in [0.25, 0.3) is 0 Å². The van der Waals surface area contributed by atoms with Gasteiger partial charge in [-0.05, 0) is 36.2 Å². The average molecular weight is 335 g/mol. The van der Waals surface area contributed by atoms with Crippen LogP contribution in [0.4, 0.5) is 9.59 Å². The van der Waals surface area contributed by atoms with Crippen molar-refractivity contribution in [3.8, 4) is 6.07 Å². The molecule has 126 valence electrons. The molecule has 3 rings (SSSR count). The maximum atomic E-state index is 12.4. The van der Waals surface area contributed by atoms with Crippen molar-refractivity contribution in [3.63, 3.8) is 0 Å². The SMILES string of the molecule is CCOC(=O)N1C(=O)N=C(C)C(C#N)C1c1ccc2ccccc2c1. The van der Waals surface area contributed by atoms with Crippen LogP contribution in [0.1, 0.15) is 25.5 Å². The highest BCUT2D eigenvalue weighted by molar-refractivity contribution is 6.04. The number of benzene rings is 2. The van der Waals surface area contributed by atoms with Crippen molar-refractivity contribution in [2.24, 2.45) is 10.9 Å². The number of rotatable bonds is 2. The van der Waals surface area contributed by atoms with Crippen molar-refractivity contribution in [1.29, 1.82) is 5.26 Å². The standard InChI is InChI=1S/C19H17N3O3/c1-3-25-19(24)22-17(16(11-20)12(2)21-18(22)23)15-9-8-13-6-4-5-7-14(13)10-15/h4-10,16-17H,3H2,1-2H3. The lowest BCUT2D eigenvalue weighted by Gasteiger charge is -2.34. The predicted octanol–water partition coefficient (Wildman–Crippen LogP) is 4.07. The molecule has 0 radical (unpaired) electrons. The van der Waals surface area contributed by atoms with Crippen LogP contribution in [0.25, 0.3) is 10.8 Å². The highest BCUT2D eigenvalue weighted by Gasteiger charge is 2.42. The molecule has 3 amide bonds. The molecule has 0 aromatic heterocycles. The molecule has 2 atom stereocenters. The number of amides is 3. The van der Waals surface area contributed by atoms with Crippen molar-refractivity contribution in [2.75, 3.05) is 6.61 Å². The predicted molar refractivity (Wildman–Crippen MR) is 93.2 cm³/mol. The third kappa shape index (κ3) is 2.96. The molecule has 2 unspecified atom stereocenters. The van der Waals surface area contributed by atoms with Crippen molar-refractivity contribution in [3.05, 3.63) is 48.0 Å². The zero-order chi connectivity index (χ0) is 18.0. The maximum absolute atomic E-state index is 12.4. The van der Waals surface area contributed by atoms with Gasteiger partial charge in [-0.15, -0.1) is 0 Å². The van der Waals surface area contributed by atoms with E-state index in [4.69, 9.17) is 4.74 Å². The lowest BCUT2D eigenvalue weighted by Crippen LogP contribution is -2.46. The fourth-order valence-electron chi connectivity index (χ4n) is 3.05. The van der Waals surface area contributed by atoms with Crippen LogP contribution in [0.15, 0.2) is 47.5 Å². The Kier molecular flexibility index (Phi) is 4.48. The third-order valence-corrected chi connectivity index (χ3v) is 4.24. The topological polar surface area (TPSA) is 82.8 Å². The van der Waals surface area contributed by atoms with Crippen LogP contribution in [-0.2, 0) is 4.74 Å². The first-order chi connectivity index (χ1) is 12.1. The molecule has 0 N–H and O–H groups in total.